The van der Waals surface area contributed by atoms with Crippen LogP contribution in [0.4, 0.5) is 4.79 Å². The lowest BCUT2D eigenvalue weighted by atomic mass is 9.84. The Morgan fingerprint density at radius 3 is 2.56 bits per heavy atom. The van der Waals surface area contributed by atoms with Crippen LogP contribution in [-0.4, -0.2) is 72.7 Å². The van der Waals surface area contributed by atoms with Crippen LogP contribution in [0.2, 0.25) is 0 Å². The molecule has 0 saturated carbocycles. The molecule has 206 valence electrons. The number of hydrogen-bond acceptors (Lipinski definition) is 4. The molecule has 0 aliphatic carbocycles. The Bertz CT molecular complexity index is 1300. The summed E-state index contributed by atoms with van der Waals surface area (Å²) in [6, 6.07) is 16.9. The zero-order chi connectivity index (χ0) is 27.2. The molecular weight excluding hydrogens is 488 g/mol. The molecule has 2 amide bonds. The quantitative estimate of drug-likeness (QED) is 0.406. The van der Waals surface area contributed by atoms with Crippen molar-refractivity contribution in [1.82, 2.24) is 20.1 Å². The predicted octanol–water partition coefficient (Wildman–Crippen LogP) is 5.33. The number of piperidine rings is 2. The number of aryl methyl sites for hydroxylation is 1. The second-order valence-electron chi connectivity index (χ2n) is 10.9. The van der Waals surface area contributed by atoms with Gasteiger partial charge in [0.05, 0.1) is 7.11 Å². The van der Waals surface area contributed by atoms with Gasteiger partial charge in [-0.25, -0.2) is 4.79 Å². The van der Waals surface area contributed by atoms with E-state index in [1.807, 2.05) is 23.1 Å². The van der Waals surface area contributed by atoms with Crippen LogP contribution in [0.5, 0.6) is 0 Å². The molecule has 7 nitrogen and oxygen atoms in total. The summed E-state index contributed by atoms with van der Waals surface area (Å²) in [4.78, 5) is 32.8. The third-order valence-corrected chi connectivity index (χ3v) is 8.56. The number of methoxy groups -OCH3 is 1. The predicted molar refractivity (Wildman–Crippen MR) is 156 cm³/mol. The van der Waals surface area contributed by atoms with E-state index in [1.165, 1.54) is 29.1 Å². The number of fused-ring (bicyclic) bond motifs is 1. The van der Waals surface area contributed by atoms with E-state index in [2.05, 4.69) is 64.7 Å². The summed E-state index contributed by atoms with van der Waals surface area (Å²) in [6.45, 7) is 6.09. The molecule has 0 spiro atoms. The van der Waals surface area contributed by atoms with E-state index in [-0.39, 0.29) is 18.0 Å². The van der Waals surface area contributed by atoms with Gasteiger partial charge < -0.3 is 19.9 Å². The Morgan fingerprint density at radius 1 is 1.05 bits per heavy atom. The number of amides is 2. The Labute approximate surface area is 231 Å². The third kappa shape index (κ3) is 6.53. The topological polar surface area (TPSA) is 77.7 Å². The largest absolute Gasteiger partial charge is 0.453 e. The van der Waals surface area contributed by atoms with Crippen molar-refractivity contribution in [3.8, 4) is 0 Å². The van der Waals surface area contributed by atoms with Gasteiger partial charge in [-0.1, -0.05) is 48.0 Å². The number of aromatic nitrogens is 1. The fourth-order valence-corrected chi connectivity index (χ4v) is 6.38. The highest BCUT2D eigenvalue weighted by atomic mass is 16.5. The fourth-order valence-electron chi connectivity index (χ4n) is 6.38. The molecule has 39 heavy (non-hydrogen) atoms. The minimum atomic E-state index is -0.387. The minimum absolute atomic E-state index is 0.0683. The van der Waals surface area contributed by atoms with Crippen molar-refractivity contribution >= 4 is 29.0 Å². The molecule has 2 saturated heterocycles. The molecule has 3 aromatic rings. The van der Waals surface area contributed by atoms with Crippen molar-refractivity contribution in [3.05, 3.63) is 77.5 Å². The summed E-state index contributed by atoms with van der Waals surface area (Å²) in [6.07, 6.45) is 9.45. The highest BCUT2D eigenvalue weighted by molar-refractivity contribution is 5.91. The molecule has 7 heteroatoms. The normalized spacial score (nSPS) is 18.5. The van der Waals surface area contributed by atoms with Gasteiger partial charge in [-0.2, -0.15) is 0 Å². The van der Waals surface area contributed by atoms with E-state index >= 15 is 0 Å². The number of ether oxygens (including phenoxy) is 1. The van der Waals surface area contributed by atoms with Gasteiger partial charge in [-0.05, 0) is 80.8 Å². The Morgan fingerprint density at radius 2 is 1.82 bits per heavy atom. The number of benzene rings is 2. The van der Waals surface area contributed by atoms with Crippen molar-refractivity contribution in [2.24, 2.45) is 5.92 Å². The zero-order valence-electron chi connectivity index (χ0n) is 23.1. The van der Waals surface area contributed by atoms with Crippen LogP contribution >= 0.6 is 0 Å². The number of carbonyl (C=O) groups is 2. The molecule has 1 unspecified atom stereocenters. The number of hydrogen-bond donors (Lipinski definition) is 2. The van der Waals surface area contributed by atoms with Crippen molar-refractivity contribution in [3.63, 3.8) is 0 Å². The molecule has 2 fully saturated rings. The first kappa shape index (κ1) is 27.0. The van der Waals surface area contributed by atoms with E-state index in [0.717, 1.165) is 57.4 Å². The molecule has 2 N–H and O–H groups in total. The monoisotopic (exact) mass is 528 g/mol. The number of nitrogens with zero attached hydrogens (tertiary/aromatic N) is 2. The van der Waals surface area contributed by atoms with Gasteiger partial charge in [-0.15, -0.1) is 0 Å². The van der Waals surface area contributed by atoms with E-state index in [0.29, 0.717) is 18.4 Å². The number of carbonyl (C=O) groups excluding carboxylic acids is 2. The van der Waals surface area contributed by atoms with Gasteiger partial charge in [0.2, 0.25) is 5.91 Å². The average molecular weight is 529 g/mol. The summed E-state index contributed by atoms with van der Waals surface area (Å²) in [7, 11) is 1.41. The Kier molecular flexibility index (Phi) is 8.67. The van der Waals surface area contributed by atoms with Crippen LogP contribution in [-0.2, 0) is 9.53 Å². The molecule has 2 aliphatic rings. The van der Waals surface area contributed by atoms with Crippen LogP contribution in [0.15, 0.2) is 60.8 Å². The van der Waals surface area contributed by atoms with Crippen LogP contribution in [0.1, 0.15) is 48.3 Å². The van der Waals surface area contributed by atoms with E-state index in [1.54, 1.807) is 6.08 Å². The first-order valence-electron chi connectivity index (χ1n) is 14.2. The van der Waals surface area contributed by atoms with Gasteiger partial charge >= 0.3 is 6.09 Å². The molecule has 0 bridgehead atoms. The summed E-state index contributed by atoms with van der Waals surface area (Å²) in [5.41, 5.74) is 4.84. The second-order valence-corrected chi connectivity index (χ2v) is 10.9. The lowest BCUT2D eigenvalue weighted by Crippen LogP contribution is -2.53. The molecule has 3 heterocycles. The summed E-state index contributed by atoms with van der Waals surface area (Å²) in [5.74, 6) is 1.02. The van der Waals surface area contributed by atoms with Crippen LogP contribution < -0.4 is 5.32 Å². The smallest absolute Gasteiger partial charge is 0.406 e. The molecule has 1 aromatic heterocycles. The lowest BCUT2D eigenvalue weighted by Gasteiger charge is -2.44. The highest BCUT2D eigenvalue weighted by Gasteiger charge is 2.34. The average Bonchev–Trinajstić information content (AvgIpc) is 3.41. The van der Waals surface area contributed by atoms with Crippen molar-refractivity contribution < 1.29 is 14.3 Å². The van der Waals surface area contributed by atoms with E-state index in [4.69, 9.17) is 4.74 Å². The maximum absolute atomic E-state index is 12.9. The van der Waals surface area contributed by atoms with Gasteiger partial charge in [-0.3, -0.25) is 9.69 Å². The number of likely N-dealkylation sites (tertiary alicyclic amines) is 2. The van der Waals surface area contributed by atoms with Crippen LogP contribution in [0, 0.1) is 12.8 Å². The van der Waals surface area contributed by atoms with Gasteiger partial charge in [0, 0.05) is 48.9 Å². The second kappa shape index (κ2) is 12.5. The van der Waals surface area contributed by atoms with Crippen molar-refractivity contribution in [1.29, 1.82) is 0 Å². The summed E-state index contributed by atoms with van der Waals surface area (Å²) in [5, 5.41) is 4.29. The Balaban J connectivity index is 1.19. The maximum atomic E-state index is 12.9. The highest BCUT2D eigenvalue weighted by Crippen LogP contribution is 2.35. The standard InChI is InChI=1S/C32H40N4O3/c1-23-6-5-7-24(20-23)10-11-31(37)36-18-14-26(15-19-36)30(22-34-32(38)39-2)35-16-12-25(13-17-35)28-21-33-29-9-4-3-8-27(28)29/h3-11,20-21,25-26,30,33H,12-19,22H2,1-2H3,(H,34,38). The van der Waals surface area contributed by atoms with Gasteiger partial charge in [0.25, 0.3) is 0 Å². The summed E-state index contributed by atoms with van der Waals surface area (Å²) < 4.78 is 4.87. The Hall–Kier alpha value is -3.58. The number of para-hydroxylation sites is 1. The molecule has 2 aromatic carbocycles. The molecular formula is C32H40N4O3. The fraction of sp³-hybridized carbons (Fsp3) is 0.438. The van der Waals surface area contributed by atoms with Crippen LogP contribution in [0.3, 0.4) is 0 Å². The van der Waals surface area contributed by atoms with Crippen LogP contribution in [0.25, 0.3) is 17.0 Å². The third-order valence-electron chi connectivity index (χ3n) is 8.56. The zero-order valence-corrected chi connectivity index (χ0v) is 23.1. The number of alkyl carbamates (subject to hydrolysis) is 1. The SMILES string of the molecule is COC(=O)NCC(C1CCN(C(=O)C=Cc2cccc(C)c2)CC1)N1CCC(c2c[nH]c3ccccc23)CC1. The molecule has 0 radical (unpaired) electrons. The molecule has 2 aliphatic heterocycles. The molecule has 5 rings (SSSR count). The molecule has 1 atom stereocenters. The van der Waals surface area contributed by atoms with Crippen molar-refractivity contribution in [2.45, 2.75) is 44.6 Å². The first-order chi connectivity index (χ1) is 19.0. The van der Waals surface area contributed by atoms with Gasteiger partial charge in [0.15, 0.2) is 0 Å². The van der Waals surface area contributed by atoms with E-state index in [9.17, 15) is 9.59 Å². The van der Waals surface area contributed by atoms with E-state index < -0.39 is 0 Å². The summed E-state index contributed by atoms with van der Waals surface area (Å²) >= 11 is 0. The number of H-pyrrole nitrogens is 1. The number of rotatable bonds is 7. The van der Waals surface area contributed by atoms with Gasteiger partial charge in [0.1, 0.15) is 0 Å². The maximum Gasteiger partial charge on any atom is 0.406 e. The first-order valence-corrected chi connectivity index (χ1v) is 14.2. The minimum Gasteiger partial charge on any atom is -0.453 e. The number of aromatic amines is 1. The number of nitrogens with one attached hydrogen (secondary N) is 2. The lowest BCUT2D eigenvalue weighted by molar-refractivity contribution is -0.127. The van der Waals surface area contributed by atoms with Crippen molar-refractivity contribution in [2.75, 3.05) is 39.8 Å².